The van der Waals surface area contributed by atoms with Gasteiger partial charge in [0.2, 0.25) is 0 Å². The Kier molecular flexibility index (Phi) is 4.02. The number of carboxylic acid groups (broad SMARTS) is 1. The first kappa shape index (κ1) is 14.6. The van der Waals surface area contributed by atoms with E-state index in [0.29, 0.717) is 18.5 Å². The standard InChI is InChI=1S/C16H25N3O2/c1-11(2)19-9-4-3-7-14(19)13-10-18-8-5-6-12(16(20)21)15(18)17-13/h10-12,14H,3-9H2,1-2H3,(H,20,21). The van der Waals surface area contributed by atoms with Gasteiger partial charge in [0, 0.05) is 18.8 Å². The lowest BCUT2D eigenvalue weighted by Gasteiger charge is -2.37. The van der Waals surface area contributed by atoms with E-state index < -0.39 is 11.9 Å². The molecule has 1 aromatic rings. The molecule has 2 unspecified atom stereocenters. The molecule has 0 amide bonds. The van der Waals surface area contributed by atoms with Gasteiger partial charge in [0.25, 0.3) is 0 Å². The normalized spacial score (nSPS) is 26.8. The maximum Gasteiger partial charge on any atom is 0.314 e. The molecule has 116 valence electrons. The summed E-state index contributed by atoms with van der Waals surface area (Å²) < 4.78 is 2.07. The number of carboxylic acids is 1. The van der Waals surface area contributed by atoms with E-state index in [1.165, 1.54) is 12.8 Å². The summed E-state index contributed by atoms with van der Waals surface area (Å²) in [5, 5.41) is 9.38. The SMILES string of the molecule is CC(C)N1CCCCC1c1cn2c(n1)C(C(=O)O)CCC2. The number of imidazole rings is 1. The van der Waals surface area contributed by atoms with Crippen molar-refractivity contribution in [3.63, 3.8) is 0 Å². The summed E-state index contributed by atoms with van der Waals surface area (Å²) in [6, 6.07) is 0.857. The fourth-order valence-corrected chi connectivity index (χ4v) is 3.79. The van der Waals surface area contributed by atoms with Gasteiger partial charge in [-0.15, -0.1) is 0 Å². The summed E-state index contributed by atoms with van der Waals surface area (Å²) in [5.74, 6) is -0.404. The van der Waals surface area contributed by atoms with Crippen LogP contribution in [0.25, 0.3) is 0 Å². The predicted molar refractivity (Wildman–Crippen MR) is 80.3 cm³/mol. The molecule has 2 atom stereocenters. The van der Waals surface area contributed by atoms with Crippen molar-refractivity contribution >= 4 is 5.97 Å². The topological polar surface area (TPSA) is 58.4 Å². The molecule has 21 heavy (non-hydrogen) atoms. The molecule has 3 heterocycles. The van der Waals surface area contributed by atoms with E-state index >= 15 is 0 Å². The first-order chi connectivity index (χ1) is 10.1. The third-order valence-corrected chi connectivity index (χ3v) is 4.88. The Labute approximate surface area is 126 Å². The second-order valence-corrected chi connectivity index (χ2v) is 6.59. The summed E-state index contributed by atoms with van der Waals surface area (Å²) in [5.41, 5.74) is 1.08. The molecule has 1 aromatic heterocycles. The van der Waals surface area contributed by atoms with Crippen LogP contribution in [-0.2, 0) is 11.3 Å². The summed E-state index contributed by atoms with van der Waals surface area (Å²) in [6.07, 6.45) is 7.36. The largest absolute Gasteiger partial charge is 0.481 e. The Bertz CT molecular complexity index is 524. The number of fused-ring (bicyclic) bond motifs is 1. The second kappa shape index (κ2) is 5.79. The van der Waals surface area contributed by atoms with E-state index in [-0.39, 0.29) is 0 Å². The van der Waals surface area contributed by atoms with Crippen LogP contribution in [0.4, 0.5) is 0 Å². The smallest absolute Gasteiger partial charge is 0.314 e. The van der Waals surface area contributed by atoms with Crippen molar-refractivity contribution in [2.45, 2.75) is 70.5 Å². The van der Waals surface area contributed by atoms with Crippen LogP contribution in [0.2, 0.25) is 0 Å². The average Bonchev–Trinajstić information content (AvgIpc) is 2.90. The van der Waals surface area contributed by atoms with Crippen LogP contribution in [0.1, 0.15) is 69.4 Å². The number of carbonyl (C=O) groups is 1. The van der Waals surface area contributed by atoms with Gasteiger partial charge >= 0.3 is 5.97 Å². The molecule has 1 saturated heterocycles. The van der Waals surface area contributed by atoms with E-state index in [1.807, 2.05) is 0 Å². The number of nitrogens with zero attached hydrogens (tertiary/aromatic N) is 3. The van der Waals surface area contributed by atoms with Crippen LogP contribution in [0.15, 0.2) is 6.20 Å². The first-order valence-corrected chi connectivity index (χ1v) is 8.13. The zero-order valence-electron chi connectivity index (χ0n) is 13.0. The fraction of sp³-hybridized carbons (Fsp3) is 0.750. The molecule has 2 aliphatic heterocycles. The number of aromatic nitrogens is 2. The molecule has 0 saturated carbocycles. The first-order valence-electron chi connectivity index (χ1n) is 8.13. The minimum atomic E-state index is -0.738. The molecular weight excluding hydrogens is 266 g/mol. The van der Waals surface area contributed by atoms with Crippen LogP contribution < -0.4 is 0 Å². The number of hydrogen-bond acceptors (Lipinski definition) is 3. The fourth-order valence-electron chi connectivity index (χ4n) is 3.79. The van der Waals surface area contributed by atoms with Crippen LogP contribution >= 0.6 is 0 Å². The summed E-state index contributed by atoms with van der Waals surface area (Å²) >= 11 is 0. The lowest BCUT2D eigenvalue weighted by Crippen LogP contribution is -2.38. The van der Waals surface area contributed by atoms with Gasteiger partial charge < -0.3 is 9.67 Å². The number of piperidine rings is 1. The van der Waals surface area contributed by atoms with Gasteiger partial charge in [0.15, 0.2) is 0 Å². The molecule has 5 nitrogen and oxygen atoms in total. The number of aliphatic carboxylic acids is 1. The molecule has 1 fully saturated rings. The van der Waals surface area contributed by atoms with Gasteiger partial charge in [0.1, 0.15) is 11.7 Å². The molecule has 0 aliphatic carbocycles. The molecule has 0 aromatic carbocycles. The van der Waals surface area contributed by atoms with E-state index in [9.17, 15) is 9.90 Å². The minimum absolute atomic E-state index is 0.353. The maximum atomic E-state index is 11.4. The van der Waals surface area contributed by atoms with E-state index in [1.54, 1.807) is 0 Å². The Morgan fingerprint density at radius 2 is 2.10 bits per heavy atom. The summed E-state index contributed by atoms with van der Waals surface area (Å²) in [6.45, 7) is 6.48. The van der Waals surface area contributed by atoms with Crippen LogP contribution in [0, 0.1) is 0 Å². The van der Waals surface area contributed by atoms with E-state index in [4.69, 9.17) is 4.98 Å². The van der Waals surface area contributed by atoms with Crippen molar-refractivity contribution in [3.8, 4) is 0 Å². The molecule has 3 rings (SSSR count). The quantitative estimate of drug-likeness (QED) is 0.930. The van der Waals surface area contributed by atoms with Gasteiger partial charge in [-0.25, -0.2) is 4.98 Å². The van der Waals surface area contributed by atoms with Crippen molar-refractivity contribution < 1.29 is 9.90 Å². The van der Waals surface area contributed by atoms with Gasteiger partial charge in [0.05, 0.1) is 11.7 Å². The Balaban J connectivity index is 1.91. The second-order valence-electron chi connectivity index (χ2n) is 6.59. The van der Waals surface area contributed by atoms with E-state index in [0.717, 1.165) is 37.4 Å². The van der Waals surface area contributed by atoms with Crippen molar-refractivity contribution in [1.82, 2.24) is 14.5 Å². The number of hydrogen-bond donors (Lipinski definition) is 1. The number of aryl methyl sites for hydroxylation is 1. The third kappa shape index (κ3) is 2.71. The lowest BCUT2D eigenvalue weighted by molar-refractivity contribution is -0.139. The zero-order chi connectivity index (χ0) is 15.0. The zero-order valence-corrected chi connectivity index (χ0v) is 13.0. The predicted octanol–water partition coefficient (Wildman–Crippen LogP) is 2.78. The minimum Gasteiger partial charge on any atom is -0.481 e. The van der Waals surface area contributed by atoms with Crippen LogP contribution in [0.5, 0.6) is 0 Å². The Hall–Kier alpha value is -1.36. The van der Waals surface area contributed by atoms with Crippen molar-refractivity contribution in [1.29, 1.82) is 0 Å². The lowest BCUT2D eigenvalue weighted by atomic mass is 9.98. The van der Waals surface area contributed by atoms with Crippen molar-refractivity contribution in [2.75, 3.05) is 6.54 Å². The highest BCUT2D eigenvalue weighted by atomic mass is 16.4. The monoisotopic (exact) mass is 291 g/mol. The van der Waals surface area contributed by atoms with E-state index in [2.05, 4.69) is 29.5 Å². The summed E-state index contributed by atoms with van der Waals surface area (Å²) in [7, 11) is 0. The van der Waals surface area contributed by atoms with Gasteiger partial charge in [-0.3, -0.25) is 9.69 Å². The highest BCUT2D eigenvalue weighted by Crippen LogP contribution is 2.34. The van der Waals surface area contributed by atoms with Crippen molar-refractivity contribution in [2.24, 2.45) is 0 Å². The average molecular weight is 291 g/mol. The molecule has 5 heteroatoms. The Morgan fingerprint density at radius 3 is 2.81 bits per heavy atom. The van der Waals surface area contributed by atoms with Crippen LogP contribution in [0.3, 0.4) is 0 Å². The van der Waals surface area contributed by atoms with Crippen molar-refractivity contribution in [3.05, 3.63) is 17.7 Å². The summed E-state index contributed by atoms with van der Waals surface area (Å²) in [4.78, 5) is 18.7. The molecule has 0 radical (unpaired) electrons. The van der Waals surface area contributed by atoms with Gasteiger partial charge in [-0.1, -0.05) is 6.42 Å². The molecule has 2 aliphatic rings. The molecule has 1 N–H and O–H groups in total. The highest BCUT2D eigenvalue weighted by molar-refractivity contribution is 5.75. The molecule has 0 spiro atoms. The maximum absolute atomic E-state index is 11.4. The Morgan fingerprint density at radius 1 is 1.29 bits per heavy atom. The highest BCUT2D eigenvalue weighted by Gasteiger charge is 2.33. The third-order valence-electron chi connectivity index (χ3n) is 4.88. The molecule has 0 bridgehead atoms. The molecular formula is C16H25N3O2. The van der Waals surface area contributed by atoms with Crippen LogP contribution in [-0.4, -0.2) is 38.1 Å². The number of rotatable bonds is 3. The number of likely N-dealkylation sites (tertiary alicyclic amines) is 1. The van der Waals surface area contributed by atoms with Gasteiger partial charge in [-0.05, 0) is 46.1 Å². The van der Waals surface area contributed by atoms with Gasteiger partial charge in [-0.2, -0.15) is 0 Å².